The standard InChI is InChI=1S/C13H13F6N5O2S.C2H6/c1-26-5-8-22-24-7(9(13(17,18)19)21-11(24)27-8)4-23-3-6(20-10(23)25)2-12(14,15)16;1-2/h6H,2-5H2,1H3,(H,20,25);1-2H3. The van der Waals surface area contributed by atoms with E-state index in [1.54, 1.807) is 0 Å². The third-order valence-electron chi connectivity index (χ3n) is 3.75. The number of urea groups is 1. The SMILES string of the molecule is CC.COCc1nn2c(CN3CC(CC(F)(F)F)NC3=O)c(C(F)(F)F)nc2s1. The molecular weight excluding hydrogens is 428 g/mol. The van der Waals surface area contributed by atoms with Gasteiger partial charge in [0.2, 0.25) is 4.96 Å². The van der Waals surface area contributed by atoms with Gasteiger partial charge in [-0.3, -0.25) is 0 Å². The van der Waals surface area contributed by atoms with Gasteiger partial charge in [0.05, 0.1) is 31.3 Å². The predicted octanol–water partition coefficient (Wildman–Crippen LogP) is 3.83. The summed E-state index contributed by atoms with van der Waals surface area (Å²) in [5.74, 6) is 0. The Labute approximate surface area is 165 Å². The number of nitrogens with one attached hydrogen (secondary N) is 1. The summed E-state index contributed by atoms with van der Waals surface area (Å²) in [4.78, 5) is 16.3. The smallest absolute Gasteiger partial charge is 0.377 e. The van der Waals surface area contributed by atoms with Crippen LogP contribution in [0.3, 0.4) is 0 Å². The summed E-state index contributed by atoms with van der Waals surface area (Å²) in [7, 11) is 1.39. The molecule has 1 fully saturated rings. The third-order valence-corrected chi connectivity index (χ3v) is 4.63. The number of halogens is 6. The van der Waals surface area contributed by atoms with E-state index in [-0.39, 0.29) is 18.1 Å². The second-order valence-electron chi connectivity index (χ2n) is 5.87. The lowest BCUT2D eigenvalue weighted by molar-refractivity contribution is -0.141. The van der Waals surface area contributed by atoms with Gasteiger partial charge in [-0.1, -0.05) is 25.2 Å². The highest BCUT2D eigenvalue weighted by molar-refractivity contribution is 7.16. The highest BCUT2D eigenvalue weighted by Gasteiger charge is 2.42. The van der Waals surface area contributed by atoms with Gasteiger partial charge in [-0.05, 0) is 0 Å². The zero-order valence-electron chi connectivity index (χ0n) is 15.7. The van der Waals surface area contributed by atoms with Crippen molar-refractivity contribution < 1.29 is 35.9 Å². The van der Waals surface area contributed by atoms with Crippen LogP contribution < -0.4 is 5.32 Å². The van der Waals surface area contributed by atoms with Crippen LogP contribution in [0.1, 0.15) is 36.7 Å². The number of rotatable bonds is 5. The van der Waals surface area contributed by atoms with E-state index >= 15 is 0 Å². The third kappa shape index (κ3) is 5.50. The van der Waals surface area contributed by atoms with Gasteiger partial charge < -0.3 is 15.0 Å². The number of hydrogen-bond acceptors (Lipinski definition) is 5. The summed E-state index contributed by atoms with van der Waals surface area (Å²) in [6.07, 6.45) is -10.6. The van der Waals surface area contributed by atoms with Crippen LogP contribution in [0.25, 0.3) is 4.96 Å². The number of fused-ring (bicyclic) bond motifs is 1. The molecule has 14 heteroatoms. The normalized spacial score (nSPS) is 17.5. The van der Waals surface area contributed by atoms with Crippen molar-refractivity contribution in [1.29, 1.82) is 0 Å². The summed E-state index contributed by atoms with van der Waals surface area (Å²) >= 11 is 0.888. The molecule has 1 saturated heterocycles. The number of nitrogens with zero attached hydrogens (tertiary/aromatic N) is 4. The largest absolute Gasteiger partial charge is 0.435 e. The minimum absolute atomic E-state index is 0.0455. The van der Waals surface area contributed by atoms with Gasteiger partial charge in [0, 0.05) is 13.7 Å². The van der Waals surface area contributed by atoms with Crippen LogP contribution in [0.2, 0.25) is 0 Å². The Kier molecular flexibility index (Phi) is 6.98. The predicted molar refractivity (Wildman–Crippen MR) is 91.3 cm³/mol. The first-order valence-corrected chi connectivity index (χ1v) is 9.35. The minimum Gasteiger partial charge on any atom is -0.377 e. The fourth-order valence-electron chi connectivity index (χ4n) is 2.75. The molecule has 0 bridgehead atoms. The van der Waals surface area contributed by atoms with E-state index in [0.29, 0.717) is 5.01 Å². The van der Waals surface area contributed by atoms with Crippen LogP contribution in [0.15, 0.2) is 0 Å². The van der Waals surface area contributed by atoms with Gasteiger partial charge in [-0.25, -0.2) is 14.3 Å². The molecule has 7 nitrogen and oxygen atoms in total. The summed E-state index contributed by atoms with van der Waals surface area (Å²) in [5, 5.41) is 6.49. The van der Waals surface area contributed by atoms with E-state index in [1.165, 1.54) is 7.11 Å². The van der Waals surface area contributed by atoms with Gasteiger partial charge >= 0.3 is 18.4 Å². The van der Waals surface area contributed by atoms with Crippen LogP contribution in [-0.4, -0.2) is 51.4 Å². The van der Waals surface area contributed by atoms with E-state index in [4.69, 9.17) is 4.74 Å². The second kappa shape index (κ2) is 8.73. The van der Waals surface area contributed by atoms with Crippen molar-refractivity contribution in [1.82, 2.24) is 24.8 Å². The maximum Gasteiger partial charge on any atom is 0.435 e. The van der Waals surface area contributed by atoms with Crippen LogP contribution in [0.5, 0.6) is 0 Å². The number of ether oxygens (including phenoxy) is 1. The number of imidazole rings is 1. The number of methoxy groups -OCH3 is 1. The maximum absolute atomic E-state index is 13.3. The van der Waals surface area contributed by atoms with Crippen molar-refractivity contribution in [2.75, 3.05) is 13.7 Å². The minimum atomic E-state index is -4.80. The number of carbonyl (C=O) groups excluding carboxylic acids is 1. The Morgan fingerprint density at radius 1 is 1.24 bits per heavy atom. The molecule has 2 amide bonds. The average molecular weight is 447 g/mol. The van der Waals surface area contributed by atoms with E-state index < -0.39 is 48.8 Å². The van der Waals surface area contributed by atoms with Crippen molar-refractivity contribution in [3.05, 3.63) is 16.4 Å². The number of aromatic nitrogens is 3. The molecule has 29 heavy (non-hydrogen) atoms. The molecular formula is C15H19F6N5O2S. The first kappa shape index (κ1) is 23.2. The van der Waals surface area contributed by atoms with Gasteiger partial charge in [0.25, 0.3) is 0 Å². The molecule has 1 aliphatic rings. The number of hydrogen-bond donors (Lipinski definition) is 1. The van der Waals surface area contributed by atoms with E-state index in [9.17, 15) is 31.1 Å². The molecule has 2 aromatic rings. The van der Waals surface area contributed by atoms with Crippen LogP contribution in [-0.2, 0) is 24.1 Å². The number of amides is 2. The van der Waals surface area contributed by atoms with Crippen molar-refractivity contribution in [2.24, 2.45) is 0 Å². The summed E-state index contributed by atoms with van der Waals surface area (Å²) in [5.41, 5.74) is -1.64. The fraction of sp³-hybridized carbons (Fsp3) is 0.667. The number of carbonyl (C=O) groups is 1. The maximum atomic E-state index is 13.3. The molecule has 2 aromatic heterocycles. The average Bonchev–Trinajstić information content (AvgIpc) is 3.22. The Balaban J connectivity index is 0.00000145. The van der Waals surface area contributed by atoms with Gasteiger partial charge in [0.1, 0.15) is 5.01 Å². The molecule has 1 atom stereocenters. The molecule has 3 heterocycles. The topological polar surface area (TPSA) is 71.8 Å². The Morgan fingerprint density at radius 3 is 2.45 bits per heavy atom. The summed E-state index contributed by atoms with van der Waals surface area (Å²) in [6, 6.07) is -2.10. The Hall–Kier alpha value is -2.09. The highest BCUT2D eigenvalue weighted by atomic mass is 32.1. The zero-order valence-corrected chi connectivity index (χ0v) is 16.5. The molecule has 0 aromatic carbocycles. The van der Waals surface area contributed by atoms with E-state index in [1.807, 2.05) is 13.8 Å². The van der Waals surface area contributed by atoms with Gasteiger partial charge in [-0.15, -0.1) is 0 Å². The lowest BCUT2D eigenvalue weighted by Crippen LogP contribution is -2.31. The fourth-order valence-corrected chi connectivity index (χ4v) is 3.64. The van der Waals surface area contributed by atoms with Crippen LogP contribution in [0, 0.1) is 0 Å². The molecule has 0 aliphatic carbocycles. The van der Waals surface area contributed by atoms with Crippen molar-refractivity contribution in [3.8, 4) is 0 Å². The van der Waals surface area contributed by atoms with E-state index in [0.717, 1.165) is 20.8 Å². The Morgan fingerprint density at radius 2 is 1.90 bits per heavy atom. The molecule has 1 unspecified atom stereocenters. The van der Waals surface area contributed by atoms with Crippen molar-refractivity contribution in [2.45, 2.75) is 51.8 Å². The highest BCUT2D eigenvalue weighted by Crippen LogP contribution is 2.34. The van der Waals surface area contributed by atoms with E-state index in [2.05, 4.69) is 15.4 Å². The lowest BCUT2D eigenvalue weighted by atomic mass is 10.2. The first-order valence-electron chi connectivity index (χ1n) is 8.53. The lowest BCUT2D eigenvalue weighted by Gasteiger charge is -2.16. The first-order chi connectivity index (χ1) is 13.5. The zero-order chi connectivity index (χ0) is 22.0. The van der Waals surface area contributed by atoms with Crippen LogP contribution >= 0.6 is 11.3 Å². The molecule has 0 radical (unpaired) electrons. The second-order valence-corrected chi connectivity index (χ2v) is 6.91. The number of alkyl halides is 6. The molecule has 0 spiro atoms. The van der Waals surface area contributed by atoms with Gasteiger partial charge in [0.15, 0.2) is 5.69 Å². The van der Waals surface area contributed by atoms with Gasteiger partial charge in [-0.2, -0.15) is 31.4 Å². The molecule has 0 saturated carbocycles. The van der Waals surface area contributed by atoms with Crippen molar-refractivity contribution in [3.63, 3.8) is 0 Å². The summed E-state index contributed by atoms with van der Waals surface area (Å²) < 4.78 is 83.2. The van der Waals surface area contributed by atoms with Crippen LogP contribution in [0.4, 0.5) is 31.1 Å². The molecule has 1 N–H and O–H groups in total. The monoisotopic (exact) mass is 447 g/mol. The Bertz CT molecular complexity index is 847. The quantitative estimate of drug-likeness (QED) is 0.708. The molecule has 1 aliphatic heterocycles. The molecule has 3 rings (SSSR count). The van der Waals surface area contributed by atoms with Crippen molar-refractivity contribution >= 4 is 22.3 Å². The molecule has 164 valence electrons. The summed E-state index contributed by atoms with van der Waals surface area (Å²) in [6.45, 7) is 3.11.